The van der Waals surface area contributed by atoms with Crippen molar-refractivity contribution in [2.45, 2.75) is 44.2 Å². The van der Waals surface area contributed by atoms with Gasteiger partial charge in [0.05, 0.1) is 0 Å². The molecule has 1 aromatic carbocycles. The van der Waals surface area contributed by atoms with Crippen LogP contribution in [0.4, 0.5) is 0 Å². The summed E-state index contributed by atoms with van der Waals surface area (Å²) in [6, 6.07) is 16.9. The third kappa shape index (κ3) is 3.76. The molecule has 3 saturated heterocycles. The van der Waals surface area contributed by atoms with Crippen molar-refractivity contribution in [1.82, 2.24) is 14.8 Å². The Balaban J connectivity index is 1.32. The van der Waals surface area contributed by atoms with Gasteiger partial charge in [-0.3, -0.25) is 14.5 Å². The van der Waals surface area contributed by atoms with Crippen LogP contribution in [0.2, 0.25) is 0 Å². The Morgan fingerprint density at radius 1 is 1.00 bits per heavy atom. The first-order chi connectivity index (χ1) is 14.2. The summed E-state index contributed by atoms with van der Waals surface area (Å²) in [6.07, 6.45) is 6.16. The molecule has 1 N–H and O–H groups in total. The lowest BCUT2D eigenvalue weighted by Crippen LogP contribution is -2.62. The molecule has 3 aliphatic heterocycles. The maximum absolute atomic E-state index is 13.0. The maximum atomic E-state index is 13.0. The minimum atomic E-state index is -0.213. The van der Waals surface area contributed by atoms with Crippen LogP contribution in [0, 0.1) is 11.8 Å². The lowest BCUT2D eigenvalue weighted by Gasteiger charge is -2.55. The second-order valence-corrected chi connectivity index (χ2v) is 9.04. The molecule has 1 amide bonds. The Labute approximate surface area is 171 Å². The summed E-state index contributed by atoms with van der Waals surface area (Å²) in [5, 5.41) is 0. The van der Waals surface area contributed by atoms with Crippen molar-refractivity contribution in [2.75, 3.05) is 19.6 Å². The number of benzene rings is 1. The van der Waals surface area contributed by atoms with Gasteiger partial charge in [0, 0.05) is 37.8 Å². The van der Waals surface area contributed by atoms with Gasteiger partial charge in [-0.15, -0.1) is 0 Å². The smallest absolute Gasteiger partial charge is 0.270 e. The number of hydrogen-bond donors (Lipinski definition) is 1. The largest absolute Gasteiger partial charge is 0.337 e. The molecular weight excluding hydrogens is 362 g/mol. The number of likely N-dealkylation sites (tertiary alicyclic amines) is 1. The lowest BCUT2D eigenvalue weighted by atomic mass is 9.74. The van der Waals surface area contributed by atoms with Gasteiger partial charge >= 0.3 is 0 Å². The highest BCUT2D eigenvalue weighted by Crippen LogP contribution is 2.40. The van der Waals surface area contributed by atoms with E-state index in [2.05, 4.69) is 40.2 Å². The predicted molar refractivity (Wildman–Crippen MR) is 113 cm³/mol. The van der Waals surface area contributed by atoms with Gasteiger partial charge in [-0.2, -0.15) is 0 Å². The molecule has 3 fully saturated rings. The average Bonchev–Trinajstić information content (AvgIpc) is 2.74. The Hall–Kier alpha value is -2.40. The number of piperidine rings is 3. The second-order valence-electron chi connectivity index (χ2n) is 9.04. The molecule has 5 nitrogen and oxygen atoms in total. The summed E-state index contributed by atoms with van der Waals surface area (Å²) in [4.78, 5) is 32.1. The molecule has 152 valence electrons. The highest BCUT2D eigenvalue weighted by molar-refractivity contribution is 5.92. The average molecular weight is 392 g/mol. The van der Waals surface area contributed by atoms with Gasteiger partial charge in [-0.05, 0) is 49.1 Å². The predicted octanol–water partition coefficient (Wildman–Crippen LogP) is 2.93. The van der Waals surface area contributed by atoms with Crippen molar-refractivity contribution in [2.24, 2.45) is 11.8 Å². The van der Waals surface area contributed by atoms with Crippen molar-refractivity contribution in [3.63, 3.8) is 0 Å². The Morgan fingerprint density at radius 3 is 2.69 bits per heavy atom. The fourth-order valence-electron chi connectivity index (χ4n) is 5.93. The molecule has 0 aliphatic carbocycles. The topological polar surface area (TPSA) is 56.4 Å². The minimum Gasteiger partial charge on any atom is -0.337 e. The van der Waals surface area contributed by atoms with Gasteiger partial charge in [-0.25, -0.2) is 0 Å². The monoisotopic (exact) mass is 391 g/mol. The molecule has 0 radical (unpaired) electrons. The first-order valence-electron chi connectivity index (χ1n) is 11.0. The second kappa shape index (κ2) is 7.79. The van der Waals surface area contributed by atoms with E-state index in [-0.39, 0.29) is 11.5 Å². The number of nitrogens with one attached hydrogen (secondary N) is 1. The molecule has 0 unspecified atom stereocenters. The number of aromatic amines is 1. The van der Waals surface area contributed by atoms with Crippen LogP contribution in [0.3, 0.4) is 0 Å². The van der Waals surface area contributed by atoms with E-state index in [9.17, 15) is 9.59 Å². The quantitative estimate of drug-likeness (QED) is 0.875. The van der Waals surface area contributed by atoms with Crippen LogP contribution >= 0.6 is 0 Å². The van der Waals surface area contributed by atoms with Crippen molar-refractivity contribution in [3.8, 4) is 0 Å². The molecule has 2 bridgehead atoms. The van der Waals surface area contributed by atoms with Crippen molar-refractivity contribution in [1.29, 1.82) is 0 Å². The summed E-state index contributed by atoms with van der Waals surface area (Å²) in [5.74, 6) is 1.05. The van der Waals surface area contributed by atoms with E-state index in [1.807, 2.05) is 4.90 Å². The van der Waals surface area contributed by atoms with Crippen LogP contribution in [0.15, 0.2) is 53.3 Å². The van der Waals surface area contributed by atoms with Gasteiger partial charge in [0.1, 0.15) is 5.69 Å². The summed E-state index contributed by atoms with van der Waals surface area (Å²) in [7, 11) is 0. The molecule has 0 saturated carbocycles. The highest BCUT2D eigenvalue weighted by Gasteiger charge is 2.45. The number of pyridine rings is 1. The van der Waals surface area contributed by atoms with Gasteiger partial charge in [0.25, 0.3) is 5.91 Å². The van der Waals surface area contributed by atoms with E-state index in [1.165, 1.54) is 37.3 Å². The highest BCUT2D eigenvalue weighted by atomic mass is 16.2. The number of fused-ring (bicyclic) bond motifs is 4. The summed E-state index contributed by atoms with van der Waals surface area (Å²) in [5.41, 5.74) is 1.63. The number of carbonyl (C=O) groups is 1. The number of hydrogen-bond acceptors (Lipinski definition) is 3. The standard InChI is InChI=1S/C24H29N3O2/c28-23-11-5-9-21(25-23)24(29)26-14-18-12-19(16-26)22-10-4-8-20(27(22)15-18)13-17-6-2-1-3-7-17/h1-3,5-7,9,11,18-20,22H,4,8,10,12-16H2,(H,25,28)/t18-,19+,20+,22-/m0/s1. The van der Waals surface area contributed by atoms with E-state index in [0.717, 1.165) is 26.1 Å². The number of H-pyrrole nitrogens is 1. The van der Waals surface area contributed by atoms with Crippen molar-refractivity contribution < 1.29 is 4.79 Å². The first-order valence-corrected chi connectivity index (χ1v) is 11.0. The van der Waals surface area contributed by atoms with Crippen LogP contribution in [0.5, 0.6) is 0 Å². The van der Waals surface area contributed by atoms with Gasteiger partial charge in [0.15, 0.2) is 0 Å². The number of nitrogens with zero attached hydrogens (tertiary/aromatic N) is 2. The Bertz CT molecular complexity index is 925. The SMILES string of the molecule is O=C(c1cccc(=O)[nH]1)N1C[C@@H]2C[C@H](C1)[C@@H]1CCC[C@H](Cc3ccccc3)N1C2. The Kier molecular flexibility index (Phi) is 5.00. The molecule has 5 heteroatoms. The van der Waals surface area contributed by atoms with E-state index < -0.39 is 0 Å². The molecule has 4 heterocycles. The first kappa shape index (κ1) is 18.6. The number of aromatic nitrogens is 1. The summed E-state index contributed by atoms with van der Waals surface area (Å²) < 4.78 is 0. The van der Waals surface area contributed by atoms with Crippen molar-refractivity contribution in [3.05, 3.63) is 70.1 Å². The third-order valence-corrected chi connectivity index (χ3v) is 7.12. The fourth-order valence-corrected chi connectivity index (χ4v) is 5.93. The normalized spacial score (nSPS) is 29.3. The van der Waals surface area contributed by atoms with E-state index in [1.54, 1.807) is 12.1 Å². The van der Waals surface area contributed by atoms with Crippen molar-refractivity contribution >= 4 is 5.91 Å². The zero-order valence-electron chi connectivity index (χ0n) is 16.8. The summed E-state index contributed by atoms with van der Waals surface area (Å²) >= 11 is 0. The molecular formula is C24H29N3O2. The van der Waals surface area contributed by atoms with E-state index in [4.69, 9.17) is 0 Å². The van der Waals surface area contributed by atoms with Crippen LogP contribution < -0.4 is 5.56 Å². The van der Waals surface area contributed by atoms with Gasteiger partial charge < -0.3 is 9.88 Å². The molecule has 29 heavy (non-hydrogen) atoms. The Morgan fingerprint density at radius 2 is 1.86 bits per heavy atom. The zero-order chi connectivity index (χ0) is 19.8. The van der Waals surface area contributed by atoms with E-state index >= 15 is 0 Å². The van der Waals surface area contributed by atoms with Crippen LogP contribution in [-0.2, 0) is 6.42 Å². The van der Waals surface area contributed by atoms with Gasteiger partial charge in [-0.1, -0.05) is 42.8 Å². The molecule has 0 spiro atoms. The molecule has 5 rings (SSSR count). The maximum Gasteiger partial charge on any atom is 0.270 e. The van der Waals surface area contributed by atoms with Crippen LogP contribution in [-0.4, -0.2) is 52.4 Å². The molecule has 1 aromatic heterocycles. The number of rotatable bonds is 3. The zero-order valence-corrected chi connectivity index (χ0v) is 16.8. The van der Waals surface area contributed by atoms with Crippen LogP contribution in [0.1, 0.15) is 41.7 Å². The number of amides is 1. The number of carbonyl (C=O) groups excluding carboxylic acids is 1. The molecule has 3 aliphatic rings. The van der Waals surface area contributed by atoms with E-state index in [0.29, 0.717) is 29.6 Å². The fraction of sp³-hybridized carbons (Fsp3) is 0.500. The summed E-state index contributed by atoms with van der Waals surface area (Å²) in [6.45, 7) is 2.70. The third-order valence-electron chi connectivity index (χ3n) is 7.12. The minimum absolute atomic E-state index is 0.0255. The molecule has 2 aromatic rings. The van der Waals surface area contributed by atoms with Crippen LogP contribution in [0.25, 0.3) is 0 Å². The molecule has 4 atom stereocenters. The lowest BCUT2D eigenvalue weighted by molar-refractivity contribution is -0.0499. The van der Waals surface area contributed by atoms with Gasteiger partial charge in [0.2, 0.25) is 5.56 Å².